The maximum Gasteiger partial charge on any atom is 0.235 e. The first-order valence-electron chi connectivity index (χ1n) is 5.99. The molecule has 1 atom stereocenters. The topological polar surface area (TPSA) is 64.7 Å². The van der Waals surface area contributed by atoms with E-state index in [2.05, 4.69) is 15.5 Å². The number of hydrogen-bond acceptors (Lipinski definition) is 4. The number of nitrogens with one attached hydrogen (secondary N) is 1. The van der Waals surface area contributed by atoms with Crippen molar-refractivity contribution < 1.29 is 4.79 Å². The highest BCUT2D eigenvalue weighted by Crippen LogP contribution is 2.41. The summed E-state index contributed by atoms with van der Waals surface area (Å²) in [6, 6.07) is 0. The summed E-state index contributed by atoms with van der Waals surface area (Å²) in [7, 11) is 3.74. The van der Waals surface area contributed by atoms with Crippen LogP contribution in [0.2, 0.25) is 0 Å². The fourth-order valence-electron chi connectivity index (χ4n) is 2.35. The third-order valence-electron chi connectivity index (χ3n) is 3.22. The predicted molar refractivity (Wildman–Crippen MR) is 74.1 cm³/mol. The minimum absolute atomic E-state index is 0.0129. The largest absolute Gasteiger partial charge is 0.310 e. The highest BCUT2D eigenvalue weighted by molar-refractivity contribution is 8.00. The van der Waals surface area contributed by atoms with E-state index in [-0.39, 0.29) is 11.2 Å². The molecule has 1 N–H and O–H groups in total. The van der Waals surface area contributed by atoms with Gasteiger partial charge in [-0.05, 0) is 6.92 Å². The number of rotatable bonds is 1. The molecule has 0 aromatic carbocycles. The molecule has 0 fully saturated rings. The van der Waals surface area contributed by atoms with Crippen LogP contribution < -0.4 is 5.32 Å². The van der Waals surface area contributed by atoms with Crippen LogP contribution in [0.25, 0.3) is 0 Å². The Labute approximate surface area is 115 Å². The Hall–Kier alpha value is -1.76. The van der Waals surface area contributed by atoms with E-state index < -0.39 is 0 Å². The highest BCUT2D eigenvalue weighted by atomic mass is 32.2. The summed E-state index contributed by atoms with van der Waals surface area (Å²) in [6.45, 7) is 1.99. The molecule has 6 nitrogen and oxygen atoms in total. The van der Waals surface area contributed by atoms with E-state index in [1.807, 2.05) is 33.4 Å². The normalized spacial score (nSPS) is 18.9. The molecule has 0 bridgehead atoms. The van der Waals surface area contributed by atoms with Gasteiger partial charge in [0.15, 0.2) is 0 Å². The lowest BCUT2D eigenvalue weighted by atomic mass is 10.1. The summed E-state index contributed by atoms with van der Waals surface area (Å²) in [6.07, 6.45) is 3.84. The molecule has 1 aliphatic heterocycles. The summed E-state index contributed by atoms with van der Waals surface area (Å²) < 4.78 is 3.51. The second-order valence-electron chi connectivity index (χ2n) is 4.65. The molecule has 0 spiro atoms. The number of aryl methyl sites for hydroxylation is 3. The van der Waals surface area contributed by atoms with Crippen LogP contribution in [0.1, 0.15) is 22.1 Å². The number of carbonyl (C=O) groups excluding carboxylic acids is 1. The van der Waals surface area contributed by atoms with Gasteiger partial charge in [-0.25, -0.2) is 0 Å². The van der Waals surface area contributed by atoms with Crippen molar-refractivity contribution in [3.8, 4) is 0 Å². The van der Waals surface area contributed by atoms with Crippen molar-refractivity contribution in [2.75, 3.05) is 11.1 Å². The van der Waals surface area contributed by atoms with Crippen molar-refractivity contribution in [3.05, 3.63) is 29.2 Å². The Balaban J connectivity index is 2.11. The van der Waals surface area contributed by atoms with E-state index in [1.54, 1.807) is 21.1 Å². The zero-order valence-corrected chi connectivity index (χ0v) is 11.9. The molecular weight excluding hydrogens is 262 g/mol. The van der Waals surface area contributed by atoms with Crippen molar-refractivity contribution in [3.63, 3.8) is 0 Å². The van der Waals surface area contributed by atoms with Crippen molar-refractivity contribution >= 4 is 23.5 Å². The molecule has 1 aliphatic rings. The lowest BCUT2D eigenvalue weighted by molar-refractivity contribution is -0.113. The Kier molecular flexibility index (Phi) is 2.85. The standard InChI is InChI=1S/C12H15N5OS/c1-7-9(5-16(2)15-7)11-8-4-13-17(3)12(8)14-10(18)6-19-11/h4-5,11H,6H2,1-3H3,(H,14,18)/t11-/m1/s1. The van der Waals surface area contributed by atoms with Crippen LogP contribution in [-0.4, -0.2) is 31.2 Å². The predicted octanol–water partition coefficient (Wildman–Crippen LogP) is 1.24. The minimum atomic E-state index is 0.0129. The maximum absolute atomic E-state index is 11.8. The quantitative estimate of drug-likeness (QED) is 0.851. The zero-order valence-electron chi connectivity index (χ0n) is 11.0. The summed E-state index contributed by atoms with van der Waals surface area (Å²) in [5.74, 6) is 1.23. The molecule has 2 aromatic rings. The summed E-state index contributed by atoms with van der Waals surface area (Å²) >= 11 is 1.61. The Bertz CT molecular complexity index is 645. The van der Waals surface area contributed by atoms with Crippen LogP contribution in [0.3, 0.4) is 0 Å². The maximum atomic E-state index is 11.8. The highest BCUT2D eigenvalue weighted by Gasteiger charge is 2.28. The van der Waals surface area contributed by atoms with Gasteiger partial charge in [-0.1, -0.05) is 0 Å². The molecule has 7 heteroatoms. The lowest BCUT2D eigenvalue weighted by Crippen LogP contribution is -2.15. The molecule has 0 radical (unpaired) electrons. The average molecular weight is 277 g/mol. The molecule has 2 aromatic heterocycles. The van der Waals surface area contributed by atoms with Gasteiger partial charge in [0.1, 0.15) is 5.82 Å². The molecule has 19 heavy (non-hydrogen) atoms. The van der Waals surface area contributed by atoms with Crippen molar-refractivity contribution in [2.24, 2.45) is 14.1 Å². The van der Waals surface area contributed by atoms with Gasteiger partial charge in [-0.2, -0.15) is 10.2 Å². The van der Waals surface area contributed by atoms with Crippen LogP contribution in [0, 0.1) is 6.92 Å². The average Bonchev–Trinajstić information content (AvgIpc) is 2.80. The molecular formula is C12H15N5OS. The Morgan fingerprint density at radius 3 is 2.89 bits per heavy atom. The van der Waals surface area contributed by atoms with Crippen LogP contribution in [0.15, 0.2) is 12.4 Å². The van der Waals surface area contributed by atoms with Crippen LogP contribution in [-0.2, 0) is 18.9 Å². The van der Waals surface area contributed by atoms with E-state index in [0.717, 1.165) is 22.6 Å². The third kappa shape index (κ3) is 2.03. The third-order valence-corrected chi connectivity index (χ3v) is 4.49. The van der Waals surface area contributed by atoms with Gasteiger partial charge in [0.25, 0.3) is 0 Å². The van der Waals surface area contributed by atoms with E-state index in [1.165, 1.54) is 0 Å². The minimum Gasteiger partial charge on any atom is -0.310 e. The van der Waals surface area contributed by atoms with E-state index in [9.17, 15) is 4.79 Å². The monoisotopic (exact) mass is 277 g/mol. The van der Waals surface area contributed by atoms with Gasteiger partial charge in [0, 0.05) is 31.4 Å². The van der Waals surface area contributed by atoms with Gasteiger partial charge in [-0.3, -0.25) is 14.2 Å². The summed E-state index contributed by atoms with van der Waals surface area (Å²) in [4.78, 5) is 11.8. The molecule has 0 saturated heterocycles. The fraction of sp³-hybridized carbons (Fsp3) is 0.417. The first-order chi connectivity index (χ1) is 9.06. The summed E-state index contributed by atoms with van der Waals surface area (Å²) in [5, 5.41) is 11.6. The van der Waals surface area contributed by atoms with Crippen LogP contribution in [0.5, 0.6) is 0 Å². The van der Waals surface area contributed by atoms with E-state index in [0.29, 0.717) is 5.75 Å². The number of thioether (sulfide) groups is 1. The van der Waals surface area contributed by atoms with Crippen LogP contribution in [0.4, 0.5) is 5.82 Å². The van der Waals surface area contributed by atoms with Gasteiger partial charge in [0.2, 0.25) is 5.91 Å². The SMILES string of the molecule is Cc1nn(C)cc1[C@@H]1SCC(=O)Nc2c1cnn2C. The number of carbonyl (C=O) groups is 1. The number of aromatic nitrogens is 4. The number of amides is 1. The van der Waals surface area contributed by atoms with Crippen LogP contribution >= 0.6 is 11.8 Å². The van der Waals surface area contributed by atoms with Gasteiger partial charge in [0.05, 0.1) is 22.9 Å². The van der Waals surface area contributed by atoms with Crippen molar-refractivity contribution in [1.29, 1.82) is 0 Å². The number of anilines is 1. The number of hydrogen-bond donors (Lipinski definition) is 1. The van der Waals surface area contributed by atoms with Gasteiger partial charge < -0.3 is 5.32 Å². The Morgan fingerprint density at radius 2 is 2.21 bits per heavy atom. The fourth-order valence-corrected chi connectivity index (χ4v) is 3.50. The molecule has 0 unspecified atom stereocenters. The molecule has 0 saturated carbocycles. The lowest BCUT2D eigenvalue weighted by Gasteiger charge is -2.12. The molecule has 100 valence electrons. The molecule has 1 amide bonds. The second-order valence-corrected chi connectivity index (χ2v) is 5.75. The van der Waals surface area contributed by atoms with Crippen molar-refractivity contribution in [2.45, 2.75) is 12.2 Å². The second kappa shape index (κ2) is 4.41. The first-order valence-corrected chi connectivity index (χ1v) is 7.04. The smallest absolute Gasteiger partial charge is 0.235 e. The van der Waals surface area contributed by atoms with E-state index in [4.69, 9.17) is 0 Å². The Morgan fingerprint density at radius 1 is 1.42 bits per heavy atom. The zero-order chi connectivity index (χ0) is 13.6. The van der Waals surface area contributed by atoms with E-state index >= 15 is 0 Å². The summed E-state index contributed by atoms with van der Waals surface area (Å²) in [5.41, 5.74) is 3.16. The number of fused-ring (bicyclic) bond motifs is 1. The van der Waals surface area contributed by atoms with Gasteiger partial charge >= 0.3 is 0 Å². The van der Waals surface area contributed by atoms with Crippen molar-refractivity contribution in [1.82, 2.24) is 19.6 Å². The number of nitrogens with zero attached hydrogens (tertiary/aromatic N) is 4. The first kappa shape index (κ1) is 12.3. The van der Waals surface area contributed by atoms with Gasteiger partial charge in [-0.15, -0.1) is 11.8 Å². The molecule has 3 heterocycles. The molecule has 0 aliphatic carbocycles. The molecule has 3 rings (SSSR count).